The summed E-state index contributed by atoms with van der Waals surface area (Å²) in [6.45, 7) is 6.21. The van der Waals surface area contributed by atoms with Crippen LogP contribution in [-0.4, -0.2) is 20.1 Å². The van der Waals surface area contributed by atoms with Gasteiger partial charge in [0.1, 0.15) is 0 Å². The monoisotopic (exact) mass is 212 g/mol. The predicted molar refractivity (Wildman–Crippen MR) is 69.6 cm³/mol. The van der Waals surface area contributed by atoms with E-state index in [1.807, 2.05) is 19.2 Å². The molecule has 1 unspecified atom stereocenters. The highest BCUT2D eigenvalue weighted by Gasteiger charge is 1.90. The highest BCUT2D eigenvalue weighted by molar-refractivity contribution is 7.28. The molecule has 0 amide bonds. The average Bonchev–Trinajstić information content (AvgIpc) is 2.22. The van der Waals surface area contributed by atoms with Gasteiger partial charge in [0.15, 0.2) is 0 Å². The van der Waals surface area contributed by atoms with Crippen molar-refractivity contribution >= 4 is 20.2 Å². The van der Waals surface area contributed by atoms with Crippen LogP contribution in [0.5, 0.6) is 0 Å². The molecule has 1 aromatic rings. The summed E-state index contributed by atoms with van der Waals surface area (Å²) in [7, 11) is 4.63. The Morgan fingerprint density at radius 3 is 2.14 bits per heavy atom. The first-order valence-corrected chi connectivity index (χ1v) is 5.56. The zero-order valence-corrected chi connectivity index (χ0v) is 10.5. The highest BCUT2D eigenvalue weighted by Crippen LogP contribution is 2.05. The third-order valence-corrected chi connectivity index (χ3v) is 2.19. The Balaban J connectivity index is 0.000000364. The van der Waals surface area contributed by atoms with E-state index in [4.69, 9.17) is 0 Å². The summed E-state index contributed by atoms with van der Waals surface area (Å²) in [5.41, 5.74) is 1.20. The maximum absolute atomic E-state index is 3.25. The summed E-state index contributed by atoms with van der Waals surface area (Å²) in [4.78, 5) is 0. The summed E-state index contributed by atoms with van der Waals surface area (Å²) >= 11 is 0. The molecule has 0 aliphatic heterocycles. The molecule has 1 aromatic carbocycles. The predicted octanol–water partition coefficient (Wildman–Crippen LogP) is 1.84. The molecule has 1 rings (SSSR count). The molecule has 0 fully saturated rings. The van der Waals surface area contributed by atoms with Crippen molar-refractivity contribution in [1.29, 1.82) is 0 Å². The molecule has 0 aromatic heterocycles. The van der Waals surface area contributed by atoms with Gasteiger partial charge in [0, 0.05) is 12.2 Å². The first-order valence-electron chi connectivity index (χ1n) is 4.99. The molecule has 0 aliphatic rings. The molecule has 0 radical (unpaired) electrons. The van der Waals surface area contributed by atoms with Gasteiger partial charge in [0.2, 0.25) is 0 Å². The van der Waals surface area contributed by atoms with Crippen molar-refractivity contribution < 1.29 is 0 Å². The van der Waals surface area contributed by atoms with Gasteiger partial charge in [-0.15, -0.1) is 9.24 Å². The van der Waals surface area contributed by atoms with Gasteiger partial charge in [0.25, 0.3) is 0 Å². The van der Waals surface area contributed by atoms with Crippen LogP contribution in [0.15, 0.2) is 24.3 Å². The van der Waals surface area contributed by atoms with Gasteiger partial charge < -0.3 is 10.6 Å². The molecule has 0 spiro atoms. The molecule has 2 N–H and O–H groups in total. The van der Waals surface area contributed by atoms with E-state index in [0.29, 0.717) is 0 Å². The lowest BCUT2D eigenvalue weighted by Crippen LogP contribution is -2.04. The number of anilines is 1. The molecular weight excluding hydrogens is 191 g/mol. The Hall–Kier alpha value is -0.590. The van der Waals surface area contributed by atoms with E-state index >= 15 is 0 Å². The highest BCUT2D eigenvalue weighted by atomic mass is 31.0. The van der Waals surface area contributed by atoms with E-state index in [0.717, 1.165) is 13.1 Å². The molecule has 0 bridgehead atoms. The lowest BCUT2D eigenvalue weighted by molar-refractivity contribution is 0.864. The maximum Gasteiger partial charge on any atom is 0.0412 e. The summed E-state index contributed by atoms with van der Waals surface area (Å²) in [5, 5.41) is 7.41. The Kier molecular flexibility index (Phi) is 8.61. The van der Waals surface area contributed by atoms with E-state index in [-0.39, 0.29) is 0 Å². The second-order valence-corrected chi connectivity index (χ2v) is 3.45. The van der Waals surface area contributed by atoms with Crippen molar-refractivity contribution in [2.24, 2.45) is 0 Å². The van der Waals surface area contributed by atoms with Crippen molar-refractivity contribution in [3.63, 3.8) is 0 Å². The summed E-state index contributed by atoms with van der Waals surface area (Å²) in [5.74, 6) is 0. The molecular formula is C11H21N2P. The third kappa shape index (κ3) is 5.95. The van der Waals surface area contributed by atoms with Gasteiger partial charge in [-0.2, -0.15) is 0 Å². The maximum atomic E-state index is 3.25. The van der Waals surface area contributed by atoms with Crippen LogP contribution < -0.4 is 15.9 Å². The minimum absolute atomic E-state index is 0.978. The zero-order chi connectivity index (χ0) is 10.8. The van der Waals surface area contributed by atoms with Crippen LogP contribution in [0.25, 0.3) is 0 Å². The number of rotatable bonds is 3. The van der Waals surface area contributed by atoms with E-state index in [2.05, 4.69) is 45.9 Å². The topological polar surface area (TPSA) is 24.1 Å². The Labute approximate surface area is 89.7 Å². The largest absolute Gasteiger partial charge is 0.385 e. The van der Waals surface area contributed by atoms with Crippen molar-refractivity contribution in [2.75, 3.05) is 25.5 Å². The van der Waals surface area contributed by atoms with E-state index in [9.17, 15) is 0 Å². The molecule has 0 heterocycles. The number of para-hydroxylation sites is 1. The molecule has 0 aliphatic carbocycles. The first-order chi connectivity index (χ1) is 6.76. The van der Waals surface area contributed by atoms with Crippen molar-refractivity contribution in [3.05, 3.63) is 24.3 Å². The number of nitrogens with one attached hydrogen (secondary N) is 2. The molecule has 0 saturated carbocycles. The SMILES string of the molecule is CCNC.CCNc1ccccc1P. The lowest BCUT2D eigenvalue weighted by atomic mass is 10.3. The van der Waals surface area contributed by atoms with Crippen molar-refractivity contribution in [2.45, 2.75) is 13.8 Å². The van der Waals surface area contributed by atoms with Crippen LogP contribution in [0, 0.1) is 0 Å². The summed E-state index contributed by atoms with van der Waals surface area (Å²) in [6, 6.07) is 8.21. The van der Waals surface area contributed by atoms with Crippen molar-refractivity contribution in [3.8, 4) is 0 Å². The molecule has 2 nitrogen and oxygen atoms in total. The lowest BCUT2D eigenvalue weighted by Gasteiger charge is -2.04. The zero-order valence-electron chi connectivity index (χ0n) is 9.30. The normalized spacial score (nSPS) is 8.86. The summed E-state index contributed by atoms with van der Waals surface area (Å²) < 4.78 is 0. The van der Waals surface area contributed by atoms with Crippen LogP contribution in [0.2, 0.25) is 0 Å². The Bertz CT molecular complexity index is 236. The smallest absolute Gasteiger partial charge is 0.0412 e. The molecule has 3 heteroatoms. The minimum atomic E-state index is 0.978. The number of hydrogen-bond acceptors (Lipinski definition) is 2. The van der Waals surface area contributed by atoms with Crippen LogP contribution in [0.1, 0.15) is 13.8 Å². The molecule has 1 atom stereocenters. The van der Waals surface area contributed by atoms with Gasteiger partial charge >= 0.3 is 0 Å². The van der Waals surface area contributed by atoms with Gasteiger partial charge in [0.05, 0.1) is 0 Å². The fourth-order valence-corrected chi connectivity index (χ4v) is 1.16. The average molecular weight is 212 g/mol. The number of hydrogen-bond donors (Lipinski definition) is 2. The van der Waals surface area contributed by atoms with Crippen LogP contribution in [-0.2, 0) is 0 Å². The van der Waals surface area contributed by atoms with E-state index in [1.54, 1.807) is 0 Å². The van der Waals surface area contributed by atoms with E-state index < -0.39 is 0 Å². The molecule has 80 valence electrons. The van der Waals surface area contributed by atoms with Gasteiger partial charge in [-0.1, -0.05) is 25.1 Å². The Morgan fingerprint density at radius 1 is 1.14 bits per heavy atom. The van der Waals surface area contributed by atoms with E-state index in [1.165, 1.54) is 11.0 Å². The second-order valence-electron chi connectivity index (χ2n) is 2.82. The van der Waals surface area contributed by atoms with Gasteiger partial charge in [-0.3, -0.25) is 0 Å². The summed E-state index contributed by atoms with van der Waals surface area (Å²) in [6.07, 6.45) is 0. The van der Waals surface area contributed by atoms with Gasteiger partial charge in [-0.25, -0.2) is 0 Å². The molecule has 14 heavy (non-hydrogen) atoms. The van der Waals surface area contributed by atoms with Crippen molar-refractivity contribution in [1.82, 2.24) is 5.32 Å². The third-order valence-electron chi connectivity index (χ3n) is 1.68. The van der Waals surface area contributed by atoms with Gasteiger partial charge in [-0.05, 0) is 31.9 Å². The standard InChI is InChI=1S/C8H12NP.C3H9N/c1-2-9-7-5-3-4-6-8(7)10;1-3-4-2/h3-6,9H,2,10H2,1H3;4H,3H2,1-2H3. The quantitative estimate of drug-likeness (QED) is 0.747. The Morgan fingerprint density at radius 2 is 1.71 bits per heavy atom. The fraction of sp³-hybridized carbons (Fsp3) is 0.455. The second kappa shape index (κ2) is 8.98. The van der Waals surface area contributed by atoms with Crippen LogP contribution >= 0.6 is 9.24 Å². The minimum Gasteiger partial charge on any atom is -0.385 e. The fourth-order valence-electron chi connectivity index (χ4n) is 0.848. The van der Waals surface area contributed by atoms with Crippen LogP contribution in [0.4, 0.5) is 5.69 Å². The van der Waals surface area contributed by atoms with Crippen LogP contribution in [0.3, 0.4) is 0 Å². The first kappa shape index (κ1) is 13.4. The molecule has 0 saturated heterocycles. The number of benzene rings is 1.